The van der Waals surface area contributed by atoms with E-state index in [0.29, 0.717) is 0 Å². The molecule has 0 fully saturated rings. The summed E-state index contributed by atoms with van der Waals surface area (Å²) in [6.45, 7) is 0. The summed E-state index contributed by atoms with van der Waals surface area (Å²) in [4.78, 5) is 0. The number of hydrogen-bond acceptors (Lipinski definition) is 1. The van der Waals surface area contributed by atoms with Gasteiger partial charge in [-0.3, -0.25) is 0 Å². The topological polar surface area (TPSA) is 0 Å². The molecule has 0 nitrogen and oxygen atoms in total. The number of fused-ring (bicyclic) bond motifs is 1. The number of halogens is 4. The molecule has 0 radical (unpaired) electrons. The van der Waals surface area contributed by atoms with Crippen molar-refractivity contribution >= 4 is 68.5 Å². The predicted molar refractivity (Wildman–Crippen MR) is 68.0 cm³/mol. The molecule has 5 heteroatoms. The first-order chi connectivity index (χ1) is 6.47. The summed E-state index contributed by atoms with van der Waals surface area (Å²) in [6.07, 6.45) is 0. The Kier molecular flexibility index (Phi) is 4.81. The molecular weight excluding hydrogens is 282 g/mol. The van der Waals surface area contributed by atoms with Crippen LogP contribution < -0.4 is 0 Å². The quantitative estimate of drug-likeness (QED) is 0.565. The summed E-state index contributed by atoms with van der Waals surface area (Å²) in [5.41, 5.74) is 0. The predicted octanol–water partition coefficient (Wildman–Crippen LogP) is 5.45. The van der Waals surface area contributed by atoms with Gasteiger partial charge in [0.2, 0.25) is 0 Å². The Labute approximate surface area is 106 Å². The second-order valence-corrected chi connectivity index (χ2v) is 6.60. The summed E-state index contributed by atoms with van der Waals surface area (Å²) in [6, 6.07) is 8.39. The zero-order valence-electron chi connectivity index (χ0n) is 6.88. The minimum absolute atomic E-state index is 1.35. The summed E-state index contributed by atoms with van der Waals surface area (Å²) < 4.78 is -1.61. The van der Waals surface area contributed by atoms with Crippen molar-refractivity contribution in [3.63, 3.8) is 0 Å². The van der Waals surface area contributed by atoms with Crippen LogP contribution in [0.3, 0.4) is 0 Å². The van der Waals surface area contributed by atoms with E-state index in [0.717, 1.165) is 0 Å². The summed E-state index contributed by atoms with van der Waals surface area (Å²) in [7, 11) is 0. The van der Waals surface area contributed by atoms with Crippen molar-refractivity contribution in [3.05, 3.63) is 35.0 Å². The molecule has 0 bridgehead atoms. The molecule has 0 aliphatic rings. The van der Waals surface area contributed by atoms with Gasteiger partial charge in [-0.2, -0.15) is 11.3 Å². The normalized spacial score (nSPS) is 10.9. The van der Waals surface area contributed by atoms with E-state index >= 15 is 0 Å². The maximum atomic E-state index is 4.83. The Hall–Kier alpha value is 0.340. The van der Waals surface area contributed by atoms with Crippen molar-refractivity contribution in [3.8, 4) is 0 Å². The summed E-state index contributed by atoms with van der Waals surface area (Å²) >= 11 is 21.1. The Morgan fingerprint density at radius 3 is 1.57 bits per heavy atom. The zero-order valence-corrected chi connectivity index (χ0v) is 10.7. The fraction of sp³-hybridized carbons (Fsp3) is 0.111. The molecule has 1 aromatic heterocycles. The molecule has 0 atom stereocenters. The molecule has 0 N–H and O–H groups in total. The lowest BCUT2D eigenvalue weighted by Gasteiger charge is -1.91. The largest absolute Gasteiger partial charge is 0.266 e. The Morgan fingerprint density at radius 2 is 1.21 bits per heavy atom. The summed E-state index contributed by atoms with van der Waals surface area (Å²) in [5.74, 6) is 0. The second kappa shape index (κ2) is 5.43. The first-order valence-corrected chi connectivity index (χ1v) is 6.09. The van der Waals surface area contributed by atoms with Crippen molar-refractivity contribution in [1.29, 1.82) is 0 Å². The van der Waals surface area contributed by atoms with Gasteiger partial charge in [0.15, 0.2) is 0 Å². The fourth-order valence-electron chi connectivity index (χ4n) is 0.906. The van der Waals surface area contributed by atoms with Gasteiger partial charge in [-0.25, -0.2) is 0 Å². The smallest absolute Gasteiger partial charge is 0.151 e. The van der Waals surface area contributed by atoms with E-state index in [2.05, 4.69) is 35.0 Å². The van der Waals surface area contributed by atoms with E-state index in [1.807, 2.05) is 0 Å². The SMILES string of the molecule is ClC(Cl)(Cl)Cl.c1ccc2cscc2c1. The van der Waals surface area contributed by atoms with Gasteiger partial charge in [-0.15, -0.1) is 0 Å². The van der Waals surface area contributed by atoms with E-state index in [-0.39, 0.29) is 0 Å². The van der Waals surface area contributed by atoms with Crippen LogP contribution in [-0.4, -0.2) is 3.25 Å². The Balaban J connectivity index is 0.000000171. The van der Waals surface area contributed by atoms with Crippen LogP contribution in [-0.2, 0) is 0 Å². The first kappa shape index (κ1) is 12.4. The fourth-order valence-corrected chi connectivity index (χ4v) is 1.70. The molecule has 2 aromatic rings. The van der Waals surface area contributed by atoms with Crippen LogP contribution in [0.5, 0.6) is 0 Å². The third kappa shape index (κ3) is 5.28. The molecule has 2 rings (SSSR count). The first-order valence-electron chi connectivity index (χ1n) is 3.63. The Bertz CT molecular complexity index is 355. The van der Waals surface area contributed by atoms with Crippen molar-refractivity contribution in [2.45, 2.75) is 3.25 Å². The van der Waals surface area contributed by atoms with Gasteiger partial charge in [-0.1, -0.05) is 70.7 Å². The van der Waals surface area contributed by atoms with Crippen molar-refractivity contribution in [1.82, 2.24) is 0 Å². The van der Waals surface area contributed by atoms with Crippen molar-refractivity contribution in [2.24, 2.45) is 0 Å². The van der Waals surface area contributed by atoms with Crippen LogP contribution in [0.4, 0.5) is 0 Å². The molecule has 76 valence electrons. The summed E-state index contributed by atoms with van der Waals surface area (Å²) in [5, 5.41) is 7.02. The highest BCUT2D eigenvalue weighted by atomic mass is 35.6. The standard InChI is InChI=1S/C8H6S.CCl4/c1-2-4-8-6-9-5-7(8)3-1;2-1(3,4)5/h1-6H;. The molecule has 0 saturated carbocycles. The highest BCUT2D eigenvalue weighted by Gasteiger charge is 2.11. The van der Waals surface area contributed by atoms with Gasteiger partial charge in [0.1, 0.15) is 0 Å². The van der Waals surface area contributed by atoms with Crippen molar-refractivity contribution < 1.29 is 0 Å². The van der Waals surface area contributed by atoms with Gasteiger partial charge in [-0.05, 0) is 21.5 Å². The highest BCUT2D eigenvalue weighted by Crippen LogP contribution is 2.29. The van der Waals surface area contributed by atoms with Crippen LogP contribution in [0.2, 0.25) is 0 Å². The molecule has 14 heavy (non-hydrogen) atoms. The van der Waals surface area contributed by atoms with Gasteiger partial charge in [0, 0.05) is 0 Å². The molecule has 0 aliphatic carbocycles. The van der Waals surface area contributed by atoms with Gasteiger partial charge in [0.05, 0.1) is 0 Å². The molecular formula is C9H6Cl4S. The minimum Gasteiger partial charge on any atom is -0.151 e. The van der Waals surface area contributed by atoms with Gasteiger partial charge >= 0.3 is 0 Å². The molecule has 1 heterocycles. The lowest BCUT2D eigenvalue weighted by molar-refractivity contribution is 1.76. The van der Waals surface area contributed by atoms with Crippen LogP contribution in [0, 0.1) is 0 Å². The Morgan fingerprint density at radius 1 is 0.857 bits per heavy atom. The third-order valence-corrected chi connectivity index (χ3v) is 2.17. The minimum atomic E-state index is -1.61. The monoisotopic (exact) mass is 286 g/mol. The van der Waals surface area contributed by atoms with E-state index in [1.54, 1.807) is 11.3 Å². The second-order valence-electron chi connectivity index (χ2n) is 2.43. The van der Waals surface area contributed by atoms with Crippen LogP contribution in [0.15, 0.2) is 35.0 Å². The lowest BCUT2D eigenvalue weighted by atomic mass is 10.2. The average molecular weight is 288 g/mol. The number of thiophene rings is 1. The lowest BCUT2D eigenvalue weighted by Crippen LogP contribution is -1.81. The molecule has 0 amide bonds. The number of alkyl halides is 4. The van der Waals surface area contributed by atoms with E-state index in [1.165, 1.54) is 10.8 Å². The maximum Gasteiger partial charge on any atom is 0.266 e. The number of hydrogen-bond donors (Lipinski definition) is 0. The van der Waals surface area contributed by atoms with Crippen LogP contribution in [0.25, 0.3) is 10.8 Å². The van der Waals surface area contributed by atoms with E-state index in [4.69, 9.17) is 46.4 Å². The van der Waals surface area contributed by atoms with E-state index < -0.39 is 3.25 Å². The highest BCUT2D eigenvalue weighted by molar-refractivity contribution is 7.09. The maximum absolute atomic E-state index is 4.83. The van der Waals surface area contributed by atoms with Crippen molar-refractivity contribution in [2.75, 3.05) is 0 Å². The van der Waals surface area contributed by atoms with Gasteiger partial charge in [0.25, 0.3) is 3.25 Å². The molecule has 1 aromatic carbocycles. The third-order valence-electron chi connectivity index (χ3n) is 1.39. The molecule has 0 aliphatic heterocycles. The average Bonchev–Trinajstić information content (AvgIpc) is 2.47. The number of rotatable bonds is 0. The molecule has 0 unspecified atom stereocenters. The van der Waals surface area contributed by atoms with Gasteiger partial charge < -0.3 is 0 Å². The van der Waals surface area contributed by atoms with Crippen LogP contribution in [0.1, 0.15) is 0 Å². The molecule has 0 spiro atoms. The molecule has 0 saturated heterocycles. The van der Waals surface area contributed by atoms with Crippen LogP contribution >= 0.6 is 57.7 Å². The number of benzene rings is 1. The zero-order chi connectivity index (χ0) is 10.6. The van der Waals surface area contributed by atoms with E-state index in [9.17, 15) is 0 Å².